The Morgan fingerprint density at radius 3 is 2.57 bits per heavy atom. The average Bonchev–Trinajstić information content (AvgIpc) is 2.53. The lowest BCUT2D eigenvalue weighted by atomic mass is 9.82. The fourth-order valence-electron chi connectivity index (χ4n) is 3.07. The molecular formula is C16H22ClN5O. The van der Waals surface area contributed by atoms with Crippen molar-refractivity contribution < 1.29 is 4.79 Å². The number of hydrogen-bond acceptors (Lipinski definition) is 5. The topological polar surface area (TPSA) is 107 Å². The molecule has 124 valence electrons. The molecule has 3 rings (SSSR count). The molecule has 1 fully saturated rings. The summed E-state index contributed by atoms with van der Waals surface area (Å²) in [6.45, 7) is 0.795. The number of aromatic nitrogens is 2. The van der Waals surface area contributed by atoms with Gasteiger partial charge in [0.25, 0.3) is 0 Å². The van der Waals surface area contributed by atoms with Crippen LogP contribution in [0.25, 0.3) is 10.9 Å². The summed E-state index contributed by atoms with van der Waals surface area (Å²) in [7, 11) is 0. The molecule has 1 saturated carbocycles. The Kier molecular flexibility index (Phi) is 5.60. The summed E-state index contributed by atoms with van der Waals surface area (Å²) < 4.78 is 0. The van der Waals surface area contributed by atoms with E-state index in [1.807, 2.05) is 24.3 Å². The van der Waals surface area contributed by atoms with Crippen LogP contribution in [-0.2, 0) is 4.79 Å². The van der Waals surface area contributed by atoms with Crippen molar-refractivity contribution in [3.63, 3.8) is 0 Å². The molecule has 0 atom stereocenters. The van der Waals surface area contributed by atoms with E-state index in [0.29, 0.717) is 17.7 Å². The van der Waals surface area contributed by atoms with E-state index in [2.05, 4.69) is 15.3 Å². The summed E-state index contributed by atoms with van der Waals surface area (Å²) >= 11 is 0. The number of fused-ring (bicyclic) bond motifs is 1. The van der Waals surface area contributed by atoms with E-state index in [1.54, 1.807) is 0 Å². The Labute approximate surface area is 141 Å². The van der Waals surface area contributed by atoms with Crippen LogP contribution in [0.15, 0.2) is 24.3 Å². The first-order valence-corrected chi connectivity index (χ1v) is 7.69. The molecule has 1 aromatic heterocycles. The number of benzene rings is 1. The molecule has 5 N–H and O–H groups in total. The van der Waals surface area contributed by atoms with Crippen molar-refractivity contribution in [2.75, 3.05) is 17.6 Å². The third kappa shape index (κ3) is 4.01. The van der Waals surface area contributed by atoms with Crippen molar-refractivity contribution in [1.82, 2.24) is 9.97 Å². The molecule has 6 nitrogen and oxygen atoms in total. The van der Waals surface area contributed by atoms with Crippen LogP contribution < -0.4 is 16.8 Å². The first-order valence-electron chi connectivity index (χ1n) is 7.69. The van der Waals surface area contributed by atoms with Gasteiger partial charge in [-0.1, -0.05) is 12.1 Å². The summed E-state index contributed by atoms with van der Waals surface area (Å²) in [5, 5.41) is 4.14. The van der Waals surface area contributed by atoms with E-state index < -0.39 is 0 Å². The Hall–Kier alpha value is -2.08. The first-order chi connectivity index (χ1) is 10.6. The number of rotatable bonds is 4. The highest BCUT2D eigenvalue weighted by Crippen LogP contribution is 2.28. The molecule has 0 unspecified atom stereocenters. The van der Waals surface area contributed by atoms with Gasteiger partial charge >= 0.3 is 0 Å². The predicted octanol–water partition coefficient (Wildman–Crippen LogP) is 2.34. The number of primary amides is 1. The van der Waals surface area contributed by atoms with Crippen LogP contribution in [0.2, 0.25) is 0 Å². The molecule has 1 amide bonds. The zero-order valence-corrected chi connectivity index (χ0v) is 13.7. The quantitative estimate of drug-likeness (QED) is 0.795. The van der Waals surface area contributed by atoms with Gasteiger partial charge in [-0.05, 0) is 43.7 Å². The number of hydrogen-bond donors (Lipinski definition) is 3. The summed E-state index contributed by atoms with van der Waals surface area (Å²) in [5.41, 5.74) is 12.2. The molecule has 0 radical (unpaired) electrons. The maximum atomic E-state index is 11.2. The zero-order valence-electron chi connectivity index (χ0n) is 12.9. The number of halogens is 1. The predicted molar refractivity (Wildman–Crippen MR) is 94.3 cm³/mol. The minimum atomic E-state index is -0.169. The van der Waals surface area contributed by atoms with E-state index in [0.717, 1.165) is 43.1 Å². The number of nitrogens with two attached hydrogens (primary N) is 2. The standard InChI is InChI=1S/C16H21N5O.ClH/c17-14-12-3-1-2-4-13(12)20-16(21-14)19-9-10-5-7-11(8-6-10)15(18)22;/h1-4,10-11H,5-9H2,(H2,18,22)(H3,17,19,20,21);1H. The molecule has 23 heavy (non-hydrogen) atoms. The molecule has 1 heterocycles. The Morgan fingerprint density at radius 1 is 1.17 bits per heavy atom. The number of nitrogen functional groups attached to an aromatic ring is 1. The minimum Gasteiger partial charge on any atom is -0.383 e. The number of para-hydroxylation sites is 1. The lowest BCUT2D eigenvalue weighted by Gasteiger charge is -2.26. The molecule has 0 saturated heterocycles. The Bertz CT molecular complexity index is 685. The molecular weight excluding hydrogens is 314 g/mol. The SMILES string of the molecule is Cl.NC(=O)C1CCC(CNc2nc(N)c3ccccc3n2)CC1. The van der Waals surface area contributed by atoms with Crippen molar-refractivity contribution >= 4 is 41.0 Å². The van der Waals surface area contributed by atoms with Crippen LogP contribution in [0.1, 0.15) is 25.7 Å². The van der Waals surface area contributed by atoms with E-state index in [4.69, 9.17) is 11.5 Å². The van der Waals surface area contributed by atoms with Crippen molar-refractivity contribution in [2.45, 2.75) is 25.7 Å². The van der Waals surface area contributed by atoms with Crippen LogP contribution in [0.4, 0.5) is 11.8 Å². The van der Waals surface area contributed by atoms with Gasteiger partial charge < -0.3 is 16.8 Å². The number of nitrogens with zero attached hydrogens (tertiary/aromatic N) is 2. The van der Waals surface area contributed by atoms with Gasteiger partial charge in [-0.15, -0.1) is 12.4 Å². The fourth-order valence-corrected chi connectivity index (χ4v) is 3.07. The molecule has 1 aliphatic rings. The van der Waals surface area contributed by atoms with Crippen molar-refractivity contribution in [1.29, 1.82) is 0 Å². The van der Waals surface area contributed by atoms with E-state index in [1.165, 1.54) is 0 Å². The second kappa shape index (κ2) is 7.46. The number of carbonyl (C=O) groups is 1. The third-order valence-corrected chi connectivity index (χ3v) is 4.43. The smallest absolute Gasteiger partial charge is 0.225 e. The van der Waals surface area contributed by atoms with E-state index in [9.17, 15) is 4.79 Å². The summed E-state index contributed by atoms with van der Waals surface area (Å²) in [5.74, 6) is 1.45. The van der Waals surface area contributed by atoms with Crippen LogP contribution in [0.3, 0.4) is 0 Å². The molecule has 1 aromatic carbocycles. The van der Waals surface area contributed by atoms with Gasteiger partial charge in [-0.3, -0.25) is 4.79 Å². The Balaban J connectivity index is 0.00000192. The second-order valence-electron chi connectivity index (χ2n) is 5.95. The zero-order chi connectivity index (χ0) is 15.5. The summed E-state index contributed by atoms with van der Waals surface area (Å²) in [6.07, 6.45) is 3.76. The largest absolute Gasteiger partial charge is 0.383 e. The van der Waals surface area contributed by atoms with Crippen molar-refractivity contribution in [3.05, 3.63) is 24.3 Å². The maximum Gasteiger partial charge on any atom is 0.225 e. The number of nitrogens with one attached hydrogen (secondary N) is 1. The van der Waals surface area contributed by atoms with Crippen LogP contribution in [0.5, 0.6) is 0 Å². The number of anilines is 2. The fraction of sp³-hybridized carbons (Fsp3) is 0.438. The maximum absolute atomic E-state index is 11.2. The molecule has 0 bridgehead atoms. The molecule has 7 heteroatoms. The normalized spacial score (nSPS) is 20.7. The lowest BCUT2D eigenvalue weighted by Crippen LogP contribution is -2.29. The van der Waals surface area contributed by atoms with Gasteiger partial charge in [0.05, 0.1) is 5.52 Å². The highest BCUT2D eigenvalue weighted by Gasteiger charge is 2.24. The summed E-state index contributed by atoms with van der Waals surface area (Å²) in [4.78, 5) is 20.0. The van der Waals surface area contributed by atoms with Crippen molar-refractivity contribution in [2.24, 2.45) is 17.6 Å². The van der Waals surface area contributed by atoms with Crippen LogP contribution in [-0.4, -0.2) is 22.4 Å². The van der Waals surface area contributed by atoms with Gasteiger partial charge in [-0.2, -0.15) is 4.98 Å². The molecule has 1 aliphatic carbocycles. The first kappa shape index (κ1) is 17.3. The van der Waals surface area contributed by atoms with Crippen LogP contribution in [0, 0.1) is 11.8 Å². The molecule has 2 aromatic rings. The van der Waals surface area contributed by atoms with Gasteiger partial charge in [-0.25, -0.2) is 4.98 Å². The Morgan fingerprint density at radius 2 is 1.87 bits per heavy atom. The van der Waals surface area contributed by atoms with Gasteiger partial charge in [0.15, 0.2) is 0 Å². The number of amides is 1. The lowest BCUT2D eigenvalue weighted by molar-refractivity contribution is -0.122. The van der Waals surface area contributed by atoms with E-state index >= 15 is 0 Å². The minimum absolute atomic E-state index is 0. The van der Waals surface area contributed by atoms with Crippen molar-refractivity contribution in [3.8, 4) is 0 Å². The monoisotopic (exact) mass is 335 g/mol. The highest BCUT2D eigenvalue weighted by molar-refractivity contribution is 5.88. The average molecular weight is 336 g/mol. The number of carbonyl (C=O) groups excluding carboxylic acids is 1. The molecule has 0 spiro atoms. The third-order valence-electron chi connectivity index (χ3n) is 4.43. The van der Waals surface area contributed by atoms with Gasteiger partial charge in [0, 0.05) is 17.8 Å². The second-order valence-corrected chi connectivity index (χ2v) is 5.95. The van der Waals surface area contributed by atoms with Gasteiger partial charge in [0.1, 0.15) is 5.82 Å². The van der Waals surface area contributed by atoms with Crippen LogP contribution >= 0.6 is 12.4 Å². The highest BCUT2D eigenvalue weighted by atomic mass is 35.5. The van der Waals surface area contributed by atoms with E-state index in [-0.39, 0.29) is 24.2 Å². The van der Waals surface area contributed by atoms with Gasteiger partial charge in [0.2, 0.25) is 11.9 Å². The molecule has 0 aliphatic heterocycles. The summed E-state index contributed by atoms with van der Waals surface area (Å²) in [6, 6.07) is 7.70.